The van der Waals surface area contributed by atoms with Gasteiger partial charge in [-0.2, -0.15) is 0 Å². The predicted octanol–water partition coefficient (Wildman–Crippen LogP) is 1.81. The average molecular weight is 267 g/mol. The fraction of sp³-hybridized carbons (Fsp3) is 0.538. The Balaban J connectivity index is 2.46. The minimum absolute atomic E-state index is 0.0333. The molecule has 5 heteroatoms. The van der Waals surface area contributed by atoms with E-state index in [2.05, 4.69) is 10.3 Å². The second-order valence-electron chi connectivity index (χ2n) is 4.21. The van der Waals surface area contributed by atoms with Crippen LogP contribution in [0.1, 0.15) is 26.7 Å². The number of hydrogen-bond acceptors (Lipinski definition) is 4. The van der Waals surface area contributed by atoms with Gasteiger partial charge in [-0.15, -0.1) is 11.8 Å². The molecule has 0 atom stereocenters. The second kappa shape index (κ2) is 7.38. The molecule has 0 aromatic carbocycles. The number of hydrogen-bond donors (Lipinski definition) is 2. The van der Waals surface area contributed by atoms with E-state index in [4.69, 9.17) is 5.73 Å². The Hall–Kier alpha value is -1.07. The molecule has 0 bridgehead atoms. The van der Waals surface area contributed by atoms with E-state index < -0.39 is 0 Å². The summed E-state index contributed by atoms with van der Waals surface area (Å²) >= 11 is 1.51. The van der Waals surface area contributed by atoms with Crippen molar-refractivity contribution in [2.75, 3.05) is 12.3 Å². The van der Waals surface area contributed by atoms with Gasteiger partial charge in [0, 0.05) is 23.8 Å². The highest BCUT2D eigenvalue weighted by Crippen LogP contribution is 2.17. The summed E-state index contributed by atoms with van der Waals surface area (Å²) in [6.07, 6.45) is 5.16. The summed E-state index contributed by atoms with van der Waals surface area (Å²) < 4.78 is 0. The zero-order chi connectivity index (χ0) is 13.4. The molecule has 0 spiro atoms. The lowest BCUT2D eigenvalue weighted by Crippen LogP contribution is -2.53. The molecule has 4 nitrogen and oxygen atoms in total. The van der Waals surface area contributed by atoms with Crippen molar-refractivity contribution in [1.82, 2.24) is 10.3 Å². The molecule has 0 saturated carbocycles. The van der Waals surface area contributed by atoms with Crippen LogP contribution in [0.2, 0.25) is 0 Å². The molecule has 0 radical (unpaired) electrons. The molecule has 1 rings (SSSR count). The third kappa shape index (κ3) is 4.31. The molecule has 1 heterocycles. The van der Waals surface area contributed by atoms with E-state index in [1.54, 1.807) is 12.4 Å². The van der Waals surface area contributed by atoms with Crippen molar-refractivity contribution in [3.8, 4) is 0 Å². The first-order chi connectivity index (χ1) is 8.65. The first-order valence-electron chi connectivity index (χ1n) is 6.19. The number of nitrogens with zero attached hydrogens (tertiary/aromatic N) is 1. The summed E-state index contributed by atoms with van der Waals surface area (Å²) in [6.45, 7) is 4.57. The number of rotatable bonds is 7. The van der Waals surface area contributed by atoms with Gasteiger partial charge >= 0.3 is 0 Å². The summed E-state index contributed by atoms with van der Waals surface area (Å²) in [5.41, 5.74) is 5.50. The number of nitrogens with two attached hydrogens (primary N) is 1. The lowest BCUT2D eigenvalue weighted by molar-refractivity contribution is -0.120. The van der Waals surface area contributed by atoms with Gasteiger partial charge in [0.2, 0.25) is 5.91 Å². The smallest absolute Gasteiger partial charge is 0.230 e. The van der Waals surface area contributed by atoms with Gasteiger partial charge in [-0.25, -0.2) is 0 Å². The third-order valence-corrected chi connectivity index (χ3v) is 4.18. The van der Waals surface area contributed by atoms with E-state index >= 15 is 0 Å². The molecule has 1 aromatic heterocycles. The van der Waals surface area contributed by atoms with Crippen LogP contribution in [-0.2, 0) is 4.79 Å². The summed E-state index contributed by atoms with van der Waals surface area (Å²) in [7, 11) is 0. The van der Waals surface area contributed by atoms with Crippen LogP contribution in [-0.4, -0.2) is 28.7 Å². The second-order valence-corrected chi connectivity index (χ2v) is 5.26. The van der Waals surface area contributed by atoms with Crippen LogP contribution in [0.3, 0.4) is 0 Å². The summed E-state index contributed by atoms with van der Waals surface area (Å²) in [4.78, 5) is 16.9. The number of nitrogens with one attached hydrogen (secondary N) is 1. The van der Waals surface area contributed by atoms with Crippen molar-refractivity contribution >= 4 is 17.7 Å². The van der Waals surface area contributed by atoms with Gasteiger partial charge in [-0.3, -0.25) is 9.78 Å². The molecule has 0 aliphatic carbocycles. The third-order valence-electron chi connectivity index (χ3n) is 3.17. The Labute approximate surface area is 113 Å². The number of amides is 1. The number of aromatic nitrogens is 1. The van der Waals surface area contributed by atoms with Gasteiger partial charge in [0.25, 0.3) is 0 Å². The summed E-state index contributed by atoms with van der Waals surface area (Å²) in [5, 5.41) is 3.05. The lowest BCUT2D eigenvalue weighted by Gasteiger charge is -2.31. The van der Waals surface area contributed by atoms with Crippen molar-refractivity contribution in [1.29, 1.82) is 0 Å². The van der Waals surface area contributed by atoms with E-state index in [1.165, 1.54) is 11.8 Å². The van der Waals surface area contributed by atoms with Gasteiger partial charge in [-0.1, -0.05) is 13.8 Å². The van der Waals surface area contributed by atoms with Crippen molar-refractivity contribution in [3.63, 3.8) is 0 Å². The summed E-state index contributed by atoms with van der Waals surface area (Å²) in [5.74, 6) is 0.442. The minimum Gasteiger partial charge on any atom is -0.349 e. The molecule has 0 unspecified atom stereocenters. The number of carbonyl (C=O) groups excluding carboxylic acids is 1. The van der Waals surface area contributed by atoms with Crippen molar-refractivity contribution in [3.05, 3.63) is 24.5 Å². The fourth-order valence-electron chi connectivity index (χ4n) is 1.68. The summed E-state index contributed by atoms with van der Waals surface area (Å²) in [6, 6.07) is 3.79. The molecule has 0 fully saturated rings. The molecule has 1 aromatic rings. The normalized spacial score (nSPS) is 11.3. The Morgan fingerprint density at radius 3 is 2.50 bits per heavy atom. The van der Waals surface area contributed by atoms with E-state index in [-0.39, 0.29) is 11.4 Å². The van der Waals surface area contributed by atoms with Crippen LogP contribution in [0.25, 0.3) is 0 Å². The van der Waals surface area contributed by atoms with Crippen molar-refractivity contribution in [2.24, 2.45) is 5.73 Å². The standard InChI is InChI=1S/C13H21N3OS/c1-3-13(4-2,10-14)16-12(17)9-18-11-5-7-15-8-6-11/h5-8H,3-4,9-10,14H2,1-2H3,(H,16,17). The topological polar surface area (TPSA) is 68.0 Å². The van der Waals surface area contributed by atoms with Gasteiger partial charge in [0.05, 0.1) is 11.3 Å². The van der Waals surface area contributed by atoms with Gasteiger partial charge in [-0.05, 0) is 25.0 Å². The zero-order valence-corrected chi connectivity index (χ0v) is 11.8. The van der Waals surface area contributed by atoms with Gasteiger partial charge in [0.15, 0.2) is 0 Å². The maximum absolute atomic E-state index is 11.9. The number of thioether (sulfide) groups is 1. The SMILES string of the molecule is CCC(CC)(CN)NC(=O)CSc1ccncc1. The monoisotopic (exact) mass is 267 g/mol. The van der Waals surface area contributed by atoms with Crippen LogP contribution in [0.15, 0.2) is 29.4 Å². The largest absolute Gasteiger partial charge is 0.349 e. The number of carbonyl (C=O) groups is 1. The van der Waals surface area contributed by atoms with Crippen molar-refractivity contribution < 1.29 is 4.79 Å². The van der Waals surface area contributed by atoms with Crippen LogP contribution >= 0.6 is 11.8 Å². The average Bonchev–Trinajstić information content (AvgIpc) is 2.44. The highest BCUT2D eigenvalue weighted by atomic mass is 32.2. The Morgan fingerprint density at radius 1 is 1.39 bits per heavy atom. The van der Waals surface area contributed by atoms with E-state index in [9.17, 15) is 4.79 Å². The first-order valence-corrected chi connectivity index (χ1v) is 7.18. The Morgan fingerprint density at radius 2 is 2.00 bits per heavy atom. The van der Waals surface area contributed by atoms with Crippen LogP contribution in [0, 0.1) is 0 Å². The fourth-order valence-corrected chi connectivity index (χ4v) is 2.37. The predicted molar refractivity (Wildman–Crippen MR) is 75.5 cm³/mol. The Kier molecular flexibility index (Phi) is 6.15. The van der Waals surface area contributed by atoms with Crippen LogP contribution in [0.5, 0.6) is 0 Å². The van der Waals surface area contributed by atoms with Crippen LogP contribution < -0.4 is 11.1 Å². The first kappa shape index (κ1) is 15.0. The molecule has 0 aliphatic heterocycles. The maximum Gasteiger partial charge on any atom is 0.230 e. The molecule has 100 valence electrons. The highest BCUT2D eigenvalue weighted by Gasteiger charge is 2.25. The van der Waals surface area contributed by atoms with E-state index in [1.807, 2.05) is 26.0 Å². The Bertz CT molecular complexity index is 357. The lowest BCUT2D eigenvalue weighted by atomic mass is 9.93. The number of pyridine rings is 1. The van der Waals surface area contributed by atoms with Crippen molar-refractivity contribution in [2.45, 2.75) is 37.1 Å². The quantitative estimate of drug-likeness (QED) is 0.739. The van der Waals surface area contributed by atoms with Gasteiger partial charge in [0.1, 0.15) is 0 Å². The van der Waals surface area contributed by atoms with E-state index in [0.717, 1.165) is 17.7 Å². The molecule has 1 amide bonds. The van der Waals surface area contributed by atoms with Gasteiger partial charge < -0.3 is 11.1 Å². The van der Waals surface area contributed by atoms with Crippen LogP contribution in [0.4, 0.5) is 0 Å². The molecule has 3 N–H and O–H groups in total. The molecule has 18 heavy (non-hydrogen) atoms. The molecular weight excluding hydrogens is 246 g/mol. The zero-order valence-electron chi connectivity index (χ0n) is 11.0. The van der Waals surface area contributed by atoms with E-state index in [0.29, 0.717) is 12.3 Å². The maximum atomic E-state index is 11.9. The molecule has 0 aliphatic rings. The highest BCUT2D eigenvalue weighted by molar-refractivity contribution is 8.00. The molecular formula is C13H21N3OS. The minimum atomic E-state index is -0.254. The molecule has 0 saturated heterocycles.